The zero-order valence-electron chi connectivity index (χ0n) is 12.5. The van der Waals surface area contributed by atoms with Gasteiger partial charge >= 0.3 is 5.97 Å². The largest absolute Gasteiger partial charge is 0.490 e. The molecule has 0 N–H and O–H groups in total. The molecule has 5 nitrogen and oxygen atoms in total. The highest BCUT2D eigenvalue weighted by atomic mass is 16.5. The zero-order valence-corrected chi connectivity index (χ0v) is 12.5. The lowest BCUT2D eigenvalue weighted by Crippen LogP contribution is -2.14. The minimum atomic E-state index is -0.520. The van der Waals surface area contributed by atoms with Gasteiger partial charge in [-0.1, -0.05) is 18.2 Å². The molecule has 0 radical (unpaired) electrons. The van der Waals surface area contributed by atoms with Crippen molar-refractivity contribution in [2.45, 2.75) is 6.42 Å². The van der Waals surface area contributed by atoms with Gasteiger partial charge in [0.2, 0.25) is 0 Å². The molecule has 0 amide bonds. The Bertz CT molecular complexity index is 709. The number of Topliss-reactive ketones (excluding diaryl/α,β-unsaturated/α-hetero) is 1. The molecular weight excluding hydrogens is 296 g/mol. The van der Waals surface area contributed by atoms with Crippen LogP contribution in [0.15, 0.2) is 48.5 Å². The summed E-state index contributed by atoms with van der Waals surface area (Å²) in [6.07, 6.45) is 0.798. The molecule has 3 rings (SSSR count). The van der Waals surface area contributed by atoms with E-state index in [-0.39, 0.29) is 12.4 Å². The van der Waals surface area contributed by atoms with Gasteiger partial charge in [-0.2, -0.15) is 0 Å². The molecule has 2 aromatic rings. The van der Waals surface area contributed by atoms with Gasteiger partial charge in [-0.05, 0) is 30.3 Å². The van der Waals surface area contributed by atoms with Crippen molar-refractivity contribution in [2.75, 3.05) is 19.8 Å². The van der Waals surface area contributed by atoms with Crippen molar-refractivity contribution in [3.05, 3.63) is 59.7 Å². The van der Waals surface area contributed by atoms with E-state index in [0.717, 1.165) is 6.42 Å². The number of hydrogen-bond donors (Lipinski definition) is 0. The van der Waals surface area contributed by atoms with Crippen LogP contribution in [0.5, 0.6) is 11.5 Å². The first kappa shape index (κ1) is 15.1. The maximum absolute atomic E-state index is 12.2. The second kappa shape index (κ2) is 6.96. The smallest absolute Gasteiger partial charge is 0.338 e. The van der Waals surface area contributed by atoms with Crippen molar-refractivity contribution in [2.24, 2.45) is 0 Å². The van der Waals surface area contributed by atoms with E-state index in [2.05, 4.69) is 0 Å². The van der Waals surface area contributed by atoms with Gasteiger partial charge in [0.15, 0.2) is 23.9 Å². The number of fused-ring (bicyclic) bond motifs is 1. The van der Waals surface area contributed by atoms with E-state index >= 15 is 0 Å². The summed E-state index contributed by atoms with van der Waals surface area (Å²) >= 11 is 0. The molecule has 118 valence electrons. The van der Waals surface area contributed by atoms with E-state index in [1.807, 2.05) is 0 Å². The third-order valence-electron chi connectivity index (χ3n) is 3.41. The second-order valence-corrected chi connectivity index (χ2v) is 5.08. The molecule has 0 aromatic heterocycles. The molecule has 0 saturated carbocycles. The normalized spacial score (nSPS) is 13.0. The van der Waals surface area contributed by atoms with Crippen LogP contribution in [0.25, 0.3) is 0 Å². The van der Waals surface area contributed by atoms with Crippen molar-refractivity contribution in [3.8, 4) is 11.5 Å². The number of ketones is 1. The Kier molecular flexibility index (Phi) is 4.57. The van der Waals surface area contributed by atoms with Crippen molar-refractivity contribution in [3.63, 3.8) is 0 Å². The van der Waals surface area contributed by atoms with Crippen LogP contribution < -0.4 is 9.47 Å². The summed E-state index contributed by atoms with van der Waals surface area (Å²) in [6.45, 7) is 0.829. The Morgan fingerprint density at radius 3 is 2.43 bits per heavy atom. The van der Waals surface area contributed by atoms with Crippen LogP contribution in [0.4, 0.5) is 0 Å². The molecule has 0 atom stereocenters. The zero-order chi connectivity index (χ0) is 16.1. The van der Waals surface area contributed by atoms with Crippen molar-refractivity contribution in [1.29, 1.82) is 0 Å². The topological polar surface area (TPSA) is 61.8 Å². The third-order valence-corrected chi connectivity index (χ3v) is 3.41. The Labute approximate surface area is 133 Å². The Hall–Kier alpha value is -2.82. The van der Waals surface area contributed by atoms with E-state index in [9.17, 15) is 9.59 Å². The Morgan fingerprint density at radius 2 is 1.65 bits per heavy atom. The SMILES string of the molecule is O=C(COC(=O)c1ccccc1)c1ccc2c(c1)OCCCO2. The fraction of sp³-hybridized carbons (Fsp3) is 0.222. The van der Waals surface area contributed by atoms with E-state index in [0.29, 0.717) is 35.8 Å². The van der Waals surface area contributed by atoms with Crippen molar-refractivity contribution < 1.29 is 23.8 Å². The summed E-state index contributed by atoms with van der Waals surface area (Å²) in [4.78, 5) is 24.0. The van der Waals surface area contributed by atoms with Crippen LogP contribution in [-0.4, -0.2) is 31.6 Å². The second-order valence-electron chi connectivity index (χ2n) is 5.08. The molecule has 0 spiro atoms. The lowest BCUT2D eigenvalue weighted by atomic mass is 10.1. The van der Waals surface area contributed by atoms with Crippen LogP contribution in [0.3, 0.4) is 0 Å². The fourth-order valence-corrected chi connectivity index (χ4v) is 2.21. The van der Waals surface area contributed by atoms with Gasteiger partial charge in [-0.15, -0.1) is 0 Å². The summed E-state index contributed by atoms with van der Waals surface area (Å²) in [5.41, 5.74) is 0.842. The van der Waals surface area contributed by atoms with Crippen LogP contribution in [0.1, 0.15) is 27.1 Å². The first-order chi connectivity index (χ1) is 11.2. The molecule has 0 fully saturated rings. The minimum Gasteiger partial charge on any atom is -0.490 e. The number of carbonyl (C=O) groups is 2. The monoisotopic (exact) mass is 312 g/mol. The highest BCUT2D eigenvalue weighted by Gasteiger charge is 2.16. The Balaban J connectivity index is 1.64. The fourth-order valence-electron chi connectivity index (χ4n) is 2.21. The van der Waals surface area contributed by atoms with Crippen LogP contribution in [0, 0.1) is 0 Å². The molecule has 1 aliphatic rings. The predicted molar refractivity (Wildman–Crippen MR) is 83.1 cm³/mol. The molecule has 0 aliphatic carbocycles. The quantitative estimate of drug-likeness (QED) is 0.641. The summed E-state index contributed by atoms with van der Waals surface area (Å²) in [6, 6.07) is 13.5. The van der Waals surface area contributed by atoms with E-state index in [4.69, 9.17) is 14.2 Å². The number of benzene rings is 2. The highest BCUT2D eigenvalue weighted by molar-refractivity contribution is 5.99. The summed E-state index contributed by atoms with van der Waals surface area (Å²) in [5.74, 6) is 0.362. The summed E-state index contributed by atoms with van der Waals surface area (Å²) < 4.78 is 16.1. The van der Waals surface area contributed by atoms with Gasteiger partial charge < -0.3 is 14.2 Å². The van der Waals surface area contributed by atoms with Gasteiger partial charge in [0.1, 0.15) is 0 Å². The lowest BCUT2D eigenvalue weighted by Gasteiger charge is -2.09. The predicted octanol–water partition coefficient (Wildman–Crippen LogP) is 2.89. The van der Waals surface area contributed by atoms with Crippen molar-refractivity contribution in [1.82, 2.24) is 0 Å². The number of ether oxygens (including phenoxy) is 3. The van der Waals surface area contributed by atoms with Crippen LogP contribution in [0.2, 0.25) is 0 Å². The van der Waals surface area contributed by atoms with Crippen molar-refractivity contribution >= 4 is 11.8 Å². The van der Waals surface area contributed by atoms with Gasteiger partial charge in [0.05, 0.1) is 18.8 Å². The highest BCUT2D eigenvalue weighted by Crippen LogP contribution is 2.30. The molecule has 5 heteroatoms. The lowest BCUT2D eigenvalue weighted by molar-refractivity contribution is 0.0474. The summed E-state index contributed by atoms with van der Waals surface area (Å²) in [7, 11) is 0. The third kappa shape index (κ3) is 3.69. The first-order valence-corrected chi connectivity index (χ1v) is 7.39. The molecule has 0 bridgehead atoms. The molecule has 0 unspecified atom stereocenters. The molecule has 1 aliphatic heterocycles. The molecule has 1 heterocycles. The number of carbonyl (C=O) groups excluding carboxylic acids is 2. The summed E-state index contributed by atoms with van der Waals surface area (Å²) in [5, 5.41) is 0. The van der Waals surface area contributed by atoms with Crippen LogP contribution >= 0.6 is 0 Å². The standard InChI is InChI=1S/C18H16O5/c19-15(12-23-18(20)13-5-2-1-3-6-13)14-7-8-16-17(11-14)22-10-4-9-21-16/h1-3,5-8,11H,4,9-10,12H2. The maximum Gasteiger partial charge on any atom is 0.338 e. The van der Waals surface area contributed by atoms with Crippen LogP contribution in [-0.2, 0) is 4.74 Å². The molecular formula is C18H16O5. The van der Waals surface area contributed by atoms with E-state index in [1.54, 1.807) is 48.5 Å². The van der Waals surface area contributed by atoms with Gasteiger partial charge in [0, 0.05) is 12.0 Å². The van der Waals surface area contributed by atoms with E-state index < -0.39 is 5.97 Å². The number of rotatable bonds is 4. The maximum atomic E-state index is 12.2. The molecule has 2 aromatic carbocycles. The van der Waals surface area contributed by atoms with E-state index in [1.165, 1.54) is 0 Å². The average Bonchev–Trinajstić information content (AvgIpc) is 2.84. The number of hydrogen-bond acceptors (Lipinski definition) is 5. The van der Waals surface area contributed by atoms with Gasteiger partial charge in [0.25, 0.3) is 0 Å². The van der Waals surface area contributed by atoms with Gasteiger partial charge in [-0.3, -0.25) is 4.79 Å². The Morgan fingerprint density at radius 1 is 0.913 bits per heavy atom. The molecule has 0 saturated heterocycles. The molecule has 23 heavy (non-hydrogen) atoms. The average molecular weight is 312 g/mol. The minimum absolute atomic E-state index is 0.287. The van der Waals surface area contributed by atoms with Gasteiger partial charge in [-0.25, -0.2) is 4.79 Å². The first-order valence-electron chi connectivity index (χ1n) is 7.39. The number of esters is 1.